The van der Waals surface area contributed by atoms with Crippen LogP contribution in [0.4, 0.5) is 4.39 Å². The molecule has 0 radical (unpaired) electrons. The highest BCUT2D eigenvalue weighted by molar-refractivity contribution is 5.97. The van der Waals surface area contributed by atoms with Crippen molar-refractivity contribution in [1.82, 2.24) is 5.32 Å². The fourth-order valence-electron chi connectivity index (χ4n) is 1.27. The Hall–Kier alpha value is -1.91. The number of benzene rings is 1. The molecule has 0 spiro atoms. The van der Waals surface area contributed by atoms with Gasteiger partial charge in [-0.3, -0.25) is 9.59 Å². The molecule has 5 heteroatoms. The third-order valence-electron chi connectivity index (χ3n) is 2.49. The Morgan fingerprint density at radius 1 is 1.39 bits per heavy atom. The molecule has 0 heterocycles. The van der Waals surface area contributed by atoms with Crippen LogP contribution in [0.2, 0.25) is 0 Å². The summed E-state index contributed by atoms with van der Waals surface area (Å²) in [5.74, 6) is -1.21. The lowest BCUT2D eigenvalue weighted by Crippen LogP contribution is -2.32. The van der Waals surface area contributed by atoms with Crippen LogP contribution < -0.4 is 10.1 Å². The van der Waals surface area contributed by atoms with Crippen molar-refractivity contribution in [3.05, 3.63) is 29.6 Å². The topological polar surface area (TPSA) is 55.4 Å². The van der Waals surface area contributed by atoms with Gasteiger partial charge in [-0.1, -0.05) is 13.8 Å². The van der Waals surface area contributed by atoms with Crippen molar-refractivity contribution in [3.8, 4) is 5.75 Å². The summed E-state index contributed by atoms with van der Waals surface area (Å²) in [7, 11) is 1.41. The van der Waals surface area contributed by atoms with Gasteiger partial charge in [0.1, 0.15) is 11.6 Å². The summed E-state index contributed by atoms with van der Waals surface area (Å²) in [4.78, 5) is 23.0. The molecule has 0 aromatic heterocycles. The Labute approximate surface area is 105 Å². The van der Waals surface area contributed by atoms with Crippen LogP contribution in [0.1, 0.15) is 24.2 Å². The van der Waals surface area contributed by atoms with Gasteiger partial charge in [-0.15, -0.1) is 0 Å². The minimum Gasteiger partial charge on any atom is -0.497 e. The van der Waals surface area contributed by atoms with Crippen molar-refractivity contribution in [2.45, 2.75) is 13.8 Å². The first-order valence-corrected chi connectivity index (χ1v) is 5.60. The van der Waals surface area contributed by atoms with Crippen LogP contribution in [0, 0.1) is 11.7 Å². The maximum Gasteiger partial charge on any atom is 0.254 e. The van der Waals surface area contributed by atoms with Crippen molar-refractivity contribution in [1.29, 1.82) is 0 Å². The monoisotopic (exact) mass is 253 g/mol. The standard InChI is InChI=1S/C13H16FNO3/c1-8(2)12(16)7-15-13(17)10-5-4-9(18-3)6-11(10)14/h4-6,8H,7H2,1-3H3,(H,15,17). The molecular formula is C13H16FNO3. The summed E-state index contributed by atoms with van der Waals surface area (Å²) >= 11 is 0. The van der Waals surface area contributed by atoms with Gasteiger partial charge in [-0.05, 0) is 12.1 Å². The lowest BCUT2D eigenvalue weighted by Gasteiger charge is -2.08. The fraction of sp³-hybridized carbons (Fsp3) is 0.385. The number of amides is 1. The van der Waals surface area contributed by atoms with Crippen molar-refractivity contribution in [2.24, 2.45) is 5.92 Å². The molecule has 0 fully saturated rings. The zero-order valence-corrected chi connectivity index (χ0v) is 10.6. The first-order chi connectivity index (χ1) is 8.45. The zero-order chi connectivity index (χ0) is 13.7. The maximum atomic E-state index is 13.5. The van der Waals surface area contributed by atoms with Gasteiger partial charge < -0.3 is 10.1 Å². The largest absolute Gasteiger partial charge is 0.497 e. The molecule has 4 nitrogen and oxygen atoms in total. The van der Waals surface area contributed by atoms with E-state index in [1.165, 1.54) is 19.2 Å². The Kier molecular flexibility index (Phi) is 4.83. The highest BCUT2D eigenvalue weighted by Crippen LogP contribution is 2.15. The average molecular weight is 253 g/mol. The Morgan fingerprint density at radius 2 is 2.06 bits per heavy atom. The average Bonchev–Trinajstić information content (AvgIpc) is 2.34. The predicted octanol–water partition coefficient (Wildman–Crippen LogP) is 1.79. The van der Waals surface area contributed by atoms with Gasteiger partial charge in [0, 0.05) is 12.0 Å². The second-order valence-electron chi connectivity index (χ2n) is 4.15. The molecule has 1 rings (SSSR count). The van der Waals surface area contributed by atoms with Gasteiger partial charge in [0.25, 0.3) is 5.91 Å². The molecule has 0 aliphatic rings. The third kappa shape index (κ3) is 3.55. The molecule has 98 valence electrons. The van der Waals surface area contributed by atoms with Gasteiger partial charge in [-0.2, -0.15) is 0 Å². The number of hydrogen-bond acceptors (Lipinski definition) is 3. The Morgan fingerprint density at radius 3 is 2.56 bits per heavy atom. The number of Topliss-reactive ketones (excluding diaryl/α,β-unsaturated/α-hetero) is 1. The van der Waals surface area contributed by atoms with Gasteiger partial charge in [-0.25, -0.2) is 4.39 Å². The number of ketones is 1. The van der Waals surface area contributed by atoms with Crippen molar-refractivity contribution in [3.63, 3.8) is 0 Å². The zero-order valence-electron chi connectivity index (χ0n) is 10.6. The SMILES string of the molecule is COc1ccc(C(=O)NCC(=O)C(C)C)c(F)c1. The number of rotatable bonds is 5. The molecule has 18 heavy (non-hydrogen) atoms. The summed E-state index contributed by atoms with van der Waals surface area (Å²) in [6.45, 7) is 3.38. The molecule has 0 atom stereocenters. The molecule has 0 aliphatic heterocycles. The van der Waals surface area contributed by atoms with E-state index < -0.39 is 11.7 Å². The van der Waals surface area contributed by atoms with Crippen molar-refractivity contribution < 1.29 is 18.7 Å². The maximum absolute atomic E-state index is 13.5. The summed E-state index contributed by atoms with van der Waals surface area (Å²) in [6.07, 6.45) is 0. The highest BCUT2D eigenvalue weighted by atomic mass is 19.1. The van der Waals surface area contributed by atoms with E-state index in [2.05, 4.69) is 5.32 Å². The van der Waals surface area contributed by atoms with Crippen LogP contribution in [-0.2, 0) is 4.79 Å². The number of halogens is 1. The Bertz CT molecular complexity index is 458. The minimum atomic E-state index is -0.677. The number of methoxy groups -OCH3 is 1. The molecular weight excluding hydrogens is 237 g/mol. The van der Waals surface area contributed by atoms with E-state index in [1.807, 2.05) is 0 Å². The minimum absolute atomic E-state index is 0.0953. The van der Waals surface area contributed by atoms with Crippen LogP contribution in [0.5, 0.6) is 5.75 Å². The van der Waals surface area contributed by atoms with Crippen LogP contribution in [0.25, 0.3) is 0 Å². The predicted molar refractivity (Wildman–Crippen MR) is 65.1 cm³/mol. The van der Waals surface area contributed by atoms with E-state index in [4.69, 9.17) is 4.74 Å². The molecule has 0 saturated carbocycles. The summed E-state index contributed by atoms with van der Waals surface area (Å²) < 4.78 is 18.4. The summed E-state index contributed by atoms with van der Waals surface area (Å²) in [5, 5.41) is 2.39. The Balaban J connectivity index is 2.70. The van der Waals surface area contributed by atoms with E-state index in [0.717, 1.165) is 6.07 Å². The van der Waals surface area contributed by atoms with E-state index >= 15 is 0 Å². The molecule has 0 aliphatic carbocycles. The molecule has 0 saturated heterocycles. The number of ether oxygens (including phenoxy) is 1. The molecule has 1 aromatic carbocycles. The number of carbonyl (C=O) groups excluding carboxylic acids is 2. The van der Waals surface area contributed by atoms with Crippen molar-refractivity contribution in [2.75, 3.05) is 13.7 Å². The summed E-state index contributed by atoms with van der Waals surface area (Å²) in [6, 6.07) is 3.94. The lowest BCUT2D eigenvalue weighted by molar-refractivity contribution is -0.120. The van der Waals surface area contributed by atoms with Gasteiger partial charge >= 0.3 is 0 Å². The van der Waals surface area contributed by atoms with E-state index in [0.29, 0.717) is 5.75 Å². The van der Waals surface area contributed by atoms with Crippen LogP contribution in [0.3, 0.4) is 0 Å². The molecule has 1 amide bonds. The quantitative estimate of drug-likeness (QED) is 0.870. The second kappa shape index (κ2) is 6.14. The van der Waals surface area contributed by atoms with Gasteiger partial charge in [0.05, 0.1) is 19.2 Å². The molecule has 1 N–H and O–H groups in total. The normalized spacial score (nSPS) is 10.3. The van der Waals surface area contributed by atoms with E-state index in [-0.39, 0.29) is 23.8 Å². The number of carbonyl (C=O) groups is 2. The first kappa shape index (κ1) is 14.2. The van der Waals surface area contributed by atoms with Crippen LogP contribution >= 0.6 is 0 Å². The third-order valence-corrected chi connectivity index (χ3v) is 2.49. The van der Waals surface area contributed by atoms with Gasteiger partial charge in [0.2, 0.25) is 0 Å². The first-order valence-electron chi connectivity index (χ1n) is 5.60. The fourth-order valence-corrected chi connectivity index (χ4v) is 1.27. The second-order valence-corrected chi connectivity index (χ2v) is 4.15. The van der Waals surface area contributed by atoms with Crippen LogP contribution in [0.15, 0.2) is 18.2 Å². The van der Waals surface area contributed by atoms with E-state index in [9.17, 15) is 14.0 Å². The number of hydrogen-bond donors (Lipinski definition) is 1. The highest BCUT2D eigenvalue weighted by Gasteiger charge is 2.14. The molecule has 0 bridgehead atoms. The smallest absolute Gasteiger partial charge is 0.254 e. The molecule has 0 unspecified atom stereocenters. The van der Waals surface area contributed by atoms with E-state index in [1.54, 1.807) is 13.8 Å². The molecule has 1 aromatic rings. The number of nitrogens with one attached hydrogen (secondary N) is 1. The van der Waals surface area contributed by atoms with Crippen LogP contribution in [-0.4, -0.2) is 25.3 Å². The summed E-state index contributed by atoms with van der Waals surface area (Å²) in [5.41, 5.74) is -0.104. The van der Waals surface area contributed by atoms with Crippen molar-refractivity contribution >= 4 is 11.7 Å². The lowest BCUT2D eigenvalue weighted by atomic mass is 10.1. The van der Waals surface area contributed by atoms with Gasteiger partial charge in [0.15, 0.2) is 5.78 Å².